The lowest BCUT2D eigenvalue weighted by Gasteiger charge is -2.21. The van der Waals surface area contributed by atoms with E-state index in [2.05, 4.69) is 15.4 Å². The minimum atomic E-state index is -3.68. The third-order valence-corrected chi connectivity index (χ3v) is 4.94. The fourth-order valence-electron chi connectivity index (χ4n) is 1.90. The van der Waals surface area contributed by atoms with E-state index in [9.17, 15) is 8.42 Å². The molecule has 0 unspecified atom stereocenters. The van der Waals surface area contributed by atoms with Crippen molar-refractivity contribution in [1.82, 2.24) is 14.3 Å². The molecule has 0 radical (unpaired) electrons. The highest BCUT2D eigenvalue weighted by molar-refractivity contribution is 7.89. The number of sulfonamides is 1. The molecule has 7 nitrogen and oxygen atoms in total. The first kappa shape index (κ1) is 15.4. The van der Waals surface area contributed by atoms with E-state index in [1.54, 1.807) is 37.5 Å². The SMILES string of the molecule is CCN(Cc1ccncc1)S(=O)(=O)c1cccnc1NN. The van der Waals surface area contributed by atoms with Crippen LogP contribution in [0, 0.1) is 0 Å². The zero-order valence-electron chi connectivity index (χ0n) is 11.6. The molecule has 112 valence electrons. The van der Waals surface area contributed by atoms with E-state index in [1.807, 2.05) is 0 Å². The van der Waals surface area contributed by atoms with Crippen LogP contribution in [0.3, 0.4) is 0 Å². The number of hydrazine groups is 1. The summed E-state index contributed by atoms with van der Waals surface area (Å²) in [5.41, 5.74) is 3.18. The topological polar surface area (TPSA) is 101 Å². The number of nitrogen functional groups attached to an aromatic ring is 1. The number of aromatic nitrogens is 2. The van der Waals surface area contributed by atoms with Gasteiger partial charge in [0.25, 0.3) is 0 Å². The monoisotopic (exact) mass is 307 g/mol. The smallest absolute Gasteiger partial charge is 0.247 e. The van der Waals surface area contributed by atoms with E-state index >= 15 is 0 Å². The number of anilines is 1. The summed E-state index contributed by atoms with van der Waals surface area (Å²) in [6.45, 7) is 2.38. The lowest BCUT2D eigenvalue weighted by Crippen LogP contribution is -2.31. The van der Waals surface area contributed by atoms with Gasteiger partial charge in [-0.25, -0.2) is 19.2 Å². The quantitative estimate of drug-likeness (QED) is 0.609. The predicted octanol–water partition coefficient (Wildman–Crippen LogP) is 0.973. The summed E-state index contributed by atoms with van der Waals surface area (Å²) < 4.78 is 26.8. The molecule has 0 amide bonds. The Morgan fingerprint density at radius 3 is 2.57 bits per heavy atom. The number of hydrogen-bond acceptors (Lipinski definition) is 6. The maximum Gasteiger partial charge on any atom is 0.247 e. The third kappa shape index (κ3) is 3.35. The first-order chi connectivity index (χ1) is 10.1. The van der Waals surface area contributed by atoms with E-state index in [4.69, 9.17) is 5.84 Å². The Morgan fingerprint density at radius 2 is 1.95 bits per heavy atom. The van der Waals surface area contributed by atoms with Crippen LogP contribution in [0.15, 0.2) is 47.8 Å². The van der Waals surface area contributed by atoms with Crippen molar-refractivity contribution < 1.29 is 8.42 Å². The molecule has 2 aromatic rings. The maximum absolute atomic E-state index is 12.7. The lowest BCUT2D eigenvalue weighted by molar-refractivity contribution is 0.423. The van der Waals surface area contributed by atoms with Crippen LogP contribution in [0.4, 0.5) is 5.82 Å². The van der Waals surface area contributed by atoms with Gasteiger partial charge in [0.15, 0.2) is 5.82 Å². The van der Waals surface area contributed by atoms with Crippen LogP contribution in [-0.2, 0) is 16.6 Å². The molecule has 0 aromatic carbocycles. The second kappa shape index (κ2) is 6.61. The number of nitrogens with two attached hydrogens (primary N) is 1. The largest absolute Gasteiger partial charge is 0.307 e. The average Bonchev–Trinajstić information content (AvgIpc) is 2.53. The van der Waals surface area contributed by atoms with E-state index in [0.29, 0.717) is 6.54 Å². The zero-order chi connectivity index (χ0) is 15.3. The minimum absolute atomic E-state index is 0.0587. The Balaban J connectivity index is 2.36. The molecule has 0 fully saturated rings. The maximum atomic E-state index is 12.7. The highest BCUT2D eigenvalue weighted by Crippen LogP contribution is 2.23. The van der Waals surface area contributed by atoms with Gasteiger partial charge in [0.1, 0.15) is 4.90 Å². The number of pyridine rings is 2. The summed E-state index contributed by atoms with van der Waals surface area (Å²) in [7, 11) is -3.68. The van der Waals surface area contributed by atoms with Crippen LogP contribution in [0.2, 0.25) is 0 Å². The van der Waals surface area contributed by atoms with Crippen LogP contribution in [0.1, 0.15) is 12.5 Å². The molecular weight excluding hydrogens is 290 g/mol. The molecule has 3 N–H and O–H groups in total. The molecule has 8 heteroatoms. The molecule has 0 saturated carbocycles. The fraction of sp³-hybridized carbons (Fsp3) is 0.231. The van der Waals surface area contributed by atoms with E-state index in [-0.39, 0.29) is 17.3 Å². The van der Waals surface area contributed by atoms with Crippen molar-refractivity contribution in [3.05, 3.63) is 48.4 Å². The molecule has 21 heavy (non-hydrogen) atoms. The molecular formula is C13H17N5O2S. The van der Waals surface area contributed by atoms with Crippen LogP contribution >= 0.6 is 0 Å². The van der Waals surface area contributed by atoms with Crippen molar-refractivity contribution in [2.45, 2.75) is 18.4 Å². The molecule has 0 saturated heterocycles. The molecule has 0 bridgehead atoms. The summed E-state index contributed by atoms with van der Waals surface area (Å²) in [4.78, 5) is 7.92. The van der Waals surface area contributed by atoms with Crippen molar-refractivity contribution in [1.29, 1.82) is 0 Å². The average molecular weight is 307 g/mol. The molecule has 0 spiro atoms. The summed E-state index contributed by atoms with van der Waals surface area (Å²) in [5, 5.41) is 0. The Morgan fingerprint density at radius 1 is 1.24 bits per heavy atom. The lowest BCUT2D eigenvalue weighted by atomic mass is 10.3. The van der Waals surface area contributed by atoms with Crippen molar-refractivity contribution >= 4 is 15.8 Å². The third-order valence-electron chi connectivity index (χ3n) is 2.99. The Bertz CT molecular complexity index is 691. The van der Waals surface area contributed by atoms with Crippen LogP contribution in [-0.4, -0.2) is 29.2 Å². The van der Waals surface area contributed by atoms with Crippen molar-refractivity contribution in [3.8, 4) is 0 Å². The van der Waals surface area contributed by atoms with Crippen molar-refractivity contribution in [2.75, 3.05) is 12.0 Å². The van der Waals surface area contributed by atoms with Gasteiger partial charge in [-0.15, -0.1) is 0 Å². The number of nitrogens with one attached hydrogen (secondary N) is 1. The van der Waals surface area contributed by atoms with Crippen LogP contribution in [0.5, 0.6) is 0 Å². The van der Waals surface area contributed by atoms with E-state index < -0.39 is 10.0 Å². The molecule has 0 aliphatic carbocycles. The summed E-state index contributed by atoms with van der Waals surface area (Å²) in [6.07, 6.45) is 4.74. The number of hydrogen-bond donors (Lipinski definition) is 2. The molecule has 0 aliphatic heterocycles. The highest BCUT2D eigenvalue weighted by atomic mass is 32.2. The van der Waals surface area contributed by atoms with Gasteiger partial charge < -0.3 is 5.43 Å². The van der Waals surface area contributed by atoms with Crippen LogP contribution < -0.4 is 11.3 Å². The molecule has 2 rings (SSSR count). The van der Waals surface area contributed by atoms with E-state index in [0.717, 1.165) is 5.56 Å². The summed E-state index contributed by atoms with van der Waals surface area (Å²) in [5.74, 6) is 5.47. The van der Waals surface area contributed by atoms with Gasteiger partial charge in [0.05, 0.1) is 0 Å². The molecule has 2 heterocycles. The Labute approximate surface area is 123 Å². The zero-order valence-corrected chi connectivity index (χ0v) is 12.4. The number of nitrogens with zero attached hydrogens (tertiary/aromatic N) is 3. The minimum Gasteiger partial charge on any atom is -0.307 e. The molecule has 2 aromatic heterocycles. The first-order valence-electron chi connectivity index (χ1n) is 6.40. The van der Waals surface area contributed by atoms with Gasteiger partial charge in [0, 0.05) is 31.7 Å². The Hall–Kier alpha value is -2.03. The summed E-state index contributed by atoms with van der Waals surface area (Å²) >= 11 is 0. The summed E-state index contributed by atoms with van der Waals surface area (Å²) in [6, 6.07) is 6.60. The Kier molecular flexibility index (Phi) is 4.84. The molecule has 0 aliphatic rings. The van der Waals surface area contributed by atoms with E-state index in [1.165, 1.54) is 16.6 Å². The highest BCUT2D eigenvalue weighted by Gasteiger charge is 2.26. The number of rotatable bonds is 6. The van der Waals surface area contributed by atoms with Crippen molar-refractivity contribution in [2.24, 2.45) is 5.84 Å². The van der Waals surface area contributed by atoms with Gasteiger partial charge in [-0.1, -0.05) is 6.92 Å². The van der Waals surface area contributed by atoms with Gasteiger partial charge in [-0.05, 0) is 29.8 Å². The first-order valence-corrected chi connectivity index (χ1v) is 7.84. The van der Waals surface area contributed by atoms with Crippen molar-refractivity contribution in [3.63, 3.8) is 0 Å². The standard InChI is InChI=1S/C13H17N5O2S/c1-2-18(10-11-5-8-15-9-6-11)21(19,20)12-4-3-7-16-13(12)17-14/h3-9H,2,10,14H2,1H3,(H,16,17). The van der Waals surface area contributed by atoms with Crippen LogP contribution in [0.25, 0.3) is 0 Å². The van der Waals surface area contributed by atoms with Gasteiger partial charge >= 0.3 is 0 Å². The second-order valence-corrected chi connectivity index (χ2v) is 6.19. The molecule has 0 atom stereocenters. The van der Waals surface area contributed by atoms with Gasteiger partial charge in [-0.3, -0.25) is 4.98 Å². The fourth-order valence-corrected chi connectivity index (χ4v) is 3.45. The predicted molar refractivity (Wildman–Crippen MR) is 79.6 cm³/mol. The van der Waals surface area contributed by atoms with Gasteiger partial charge in [-0.2, -0.15) is 4.31 Å². The van der Waals surface area contributed by atoms with Gasteiger partial charge in [0.2, 0.25) is 10.0 Å². The second-order valence-electron chi connectivity index (χ2n) is 4.28. The normalized spacial score (nSPS) is 11.6.